The van der Waals surface area contributed by atoms with E-state index in [-0.39, 0.29) is 6.61 Å². The summed E-state index contributed by atoms with van der Waals surface area (Å²) in [4.78, 5) is 13.7. The summed E-state index contributed by atoms with van der Waals surface area (Å²) in [7, 11) is 0. The fourth-order valence-corrected chi connectivity index (χ4v) is 3.65. The molecule has 0 radical (unpaired) electrons. The Hall–Kier alpha value is -4.72. The van der Waals surface area contributed by atoms with Crippen LogP contribution in [0.3, 0.4) is 0 Å². The van der Waals surface area contributed by atoms with Crippen molar-refractivity contribution in [3.63, 3.8) is 0 Å². The standard InChI is InChI=1S/C25H18N6O2/c1-2-7-22-20(6-1)25(28-18-8-9-21-17(12-18)14-27-31-21)30-24(29-22)16-4-3-5-19(13-16)33-15-23-26-10-11-32-23/h1-14H,15H2,(H,27,31)(H,28,29,30). The van der Waals surface area contributed by atoms with Gasteiger partial charge in [-0.15, -0.1) is 0 Å². The predicted molar refractivity (Wildman–Crippen MR) is 125 cm³/mol. The lowest BCUT2D eigenvalue weighted by Crippen LogP contribution is -2.00. The van der Waals surface area contributed by atoms with Crippen LogP contribution in [0.15, 0.2) is 89.8 Å². The van der Waals surface area contributed by atoms with Crippen molar-refractivity contribution in [2.24, 2.45) is 0 Å². The number of ether oxygens (including phenoxy) is 1. The first kappa shape index (κ1) is 19.0. The Morgan fingerprint density at radius 2 is 1.94 bits per heavy atom. The molecule has 2 N–H and O–H groups in total. The van der Waals surface area contributed by atoms with Gasteiger partial charge in [-0.3, -0.25) is 5.10 Å². The van der Waals surface area contributed by atoms with Gasteiger partial charge in [0.05, 0.1) is 23.4 Å². The maximum Gasteiger partial charge on any atom is 0.232 e. The number of anilines is 2. The van der Waals surface area contributed by atoms with Crippen LogP contribution in [0, 0.1) is 0 Å². The van der Waals surface area contributed by atoms with Crippen molar-refractivity contribution in [3.05, 3.63) is 91.3 Å². The summed E-state index contributed by atoms with van der Waals surface area (Å²) in [6, 6.07) is 21.6. The predicted octanol–water partition coefficient (Wildman–Crippen LogP) is 5.48. The zero-order valence-electron chi connectivity index (χ0n) is 17.4. The van der Waals surface area contributed by atoms with E-state index in [1.54, 1.807) is 12.4 Å². The lowest BCUT2D eigenvalue weighted by Gasteiger charge is -2.12. The fraction of sp³-hybridized carbons (Fsp3) is 0.0400. The van der Waals surface area contributed by atoms with E-state index in [9.17, 15) is 0 Å². The summed E-state index contributed by atoms with van der Waals surface area (Å²) < 4.78 is 11.1. The quantitative estimate of drug-likeness (QED) is 0.358. The molecule has 0 unspecified atom stereocenters. The molecule has 3 aromatic heterocycles. The summed E-state index contributed by atoms with van der Waals surface area (Å²) in [5.74, 6) is 2.53. The Morgan fingerprint density at radius 1 is 0.970 bits per heavy atom. The smallest absolute Gasteiger partial charge is 0.232 e. The van der Waals surface area contributed by atoms with Crippen LogP contribution in [0.2, 0.25) is 0 Å². The summed E-state index contributed by atoms with van der Waals surface area (Å²) in [5.41, 5.74) is 3.59. The molecule has 0 spiro atoms. The lowest BCUT2D eigenvalue weighted by atomic mass is 10.1. The molecule has 0 bridgehead atoms. The van der Waals surface area contributed by atoms with Crippen molar-refractivity contribution in [3.8, 4) is 17.1 Å². The second kappa shape index (κ2) is 8.08. The van der Waals surface area contributed by atoms with E-state index in [0.717, 1.165) is 38.9 Å². The molecule has 0 aliphatic heterocycles. The molecule has 0 aliphatic rings. The number of aromatic nitrogens is 5. The minimum absolute atomic E-state index is 0.248. The molecule has 3 heterocycles. The van der Waals surface area contributed by atoms with E-state index in [4.69, 9.17) is 19.1 Å². The average Bonchev–Trinajstić information content (AvgIpc) is 3.55. The minimum Gasteiger partial charge on any atom is -0.484 e. The van der Waals surface area contributed by atoms with Gasteiger partial charge in [0.15, 0.2) is 12.4 Å². The molecule has 3 aromatic carbocycles. The van der Waals surface area contributed by atoms with Gasteiger partial charge >= 0.3 is 0 Å². The highest BCUT2D eigenvalue weighted by atomic mass is 16.5. The maximum absolute atomic E-state index is 5.82. The Kier molecular flexibility index (Phi) is 4.65. The molecule has 8 nitrogen and oxygen atoms in total. The summed E-state index contributed by atoms with van der Waals surface area (Å²) in [5, 5.41) is 12.5. The first-order valence-electron chi connectivity index (χ1n) is 10.4. The van der Waals surface area contributed by atoms with Gasteiger partial charge < -0.3 is 14.5 Å². The highest BCUT2D eigenvalue weighted by molar-refractivity contribution is 5.93. The number of oxazole rings is 1. The first-order valence-corrected chi connectivity index (χ1v) is 10.4. The summed E-state index contributed by atoms with van der Waals surface area (Å²) in [6.45, 7) is 0.248. The molecule has 8 heteroatoms. The molecule has 6 rings (SSSR count). The van der Waals surface area contributed by atoms with E-state index < -0.39 is 0 Å². The van der Waals surface area contributed by atoms with Gasteiger partial charge in [-0.05, 0) is 42.5 Å². The Balaban J connectivity index is 1.36. The largest absolute Gasteiger partial charge is 0.484 e. The summed E-state index contributed by atoms with van der Waals surface area (Å²) in [6.07, 6.45) is 4.92. The maximum atomic E-state index is 5.82. The van der Waals surface area contributed by atoms with E-state index in [1.807, 2.05) is 66.7 Å². The number of aromatic amines is 1. The Labute approximate surface area is 188 Å². The number of nitrogens with one attached hydrogen (secondary N) is 2. The number of rotatable bonds is 6. The third-order valence-electron chi connectivity index (χ3n) is 5.24. The van der Waals surface area contributed by atoms with Crippen LogP contribution < -0.4 is 10.1 Å². The molecule has 160 valence electrons. The Morgan fingerprint density at radius 3 is 2.88 bits per heavy atom. The lowest BCUT2D eigenvalue weighted by molar-refractivity contribution is 0.263. The van der Waals surface area contributed by atoms with Crippen LogP contribution >= 0.6 is 0 Å². The van der Waals surface area contributed by atoms with Crippen molar-refractivity contribution >= 4 is 33.3 Å². The number of benzene rings is 3. The molecule has 0 atom stereocenters. The topological polar surface area (TPSA) is 102 Å². The SMILES string of the molecule is c1cc(OCc2ncco2)cc(-c2nc(Nc3ccc4[nH]ncc4c3)c3ccccc3n2)c1. The van der Waals surface area contributed by atoms with Crippen LogP contribution in [-0.2, 0) is 6.61 Å². The van der Waals surface area contributed by atoms with Crippen molar-refractivity contribution in [1.82, 2.24) is 25.1 Å². The van der Waals surface area contributed by atoms with Crippen molar-refractivity contribution in [1.29, 1.82) is 0 Å². The van der Waals surface area contributed by atoms with Gasteiger partial charge in [0, 0.05) is 22.0 Å². The van der Waals surface area contributed by atoms with Crippen LogP contribution in [0.4, 0.5) is 11.5 Å². The molecule has 6 aromatic rings. The summed E-state index contributed by atoms with van der Waals surface area (Å²) >= 11 is 0. The second-order valence-electron chi connectivity index (χ2n) is 7.45. The number of nitrogens with zero attached hydrogens (tertiary/aromatic N) is 4. The normalized spacial score (nSPS) is 11.2. The van der Waals surface area contributed by atoms with Gasteiger partial charge in [-0.25, -0.2) is 15.0 Å². The van der Waals surface area contributed by atoms with Crippen LogP contribution in [0.1, 0.15) is 5.89 Å². The number of H-pyrrole nitrogens is 1. The minimum atomic E-state index is 0.248. The van der Waals surface area contributed by atoms with Crippen LogP contribution in [0.5, 0.6) is 5.75 Å². The molecular formula is C25H18N6O2. The van der Waals surface area contributed by atoms with E-state index in [2.05, 4.69) is 20.5 Å². The highest BCUT2D eigenvalue weighted by Gasteiger charge is 2.11. The average molecular weight is 434 g/mol. The van der Waals surface area contributed by atoms with Crippen molar-refractivity contribution in [2.45, 2.75) is 6.61 Å². The Bertz CT molecular complexity index is 1560. The van der Waals surface area contributed by atoms with Crippen molar-refractivity contribution in [2.75, 3.05) is 5.32 Å². The monoisotopic (exact) mass is 434 g/mol. The van der Waals surface area contributed by atoms with Gasteiger partial charge in [0.1, 0.15) is 17.8 Å². The van der Waals surface area contributed by atoms with Gasteiger partial charge in [0.2, 0.25) is 5.89 Å². The van der Waals surface area contributed by atoms with E-state index in [1.165, 1.54) is 6.26 Å². The van der Waals surface area contributed by atoms with Gasteiger partial charge in [-0.2, -0.15) is 5.10 Å². The van der Waals surface area contributed by atoms with E-state index >= 15 is 0 Å². The molecule has 0 aliphatic carbocycles. The molecule has 0 fully saturated rings. The van der Waals surface area contributed by atoms with Crippen LogP contribution in [-0.4, -0.2) is 25.1 Å². The van der Waals surface area contributed by atoms with Gasteiger partial charge in [0.25, 0.3) is 0 Å². The third-order valence-corrected chi connectivity index (χ3v) is 5.24. The number of hydrogen-bond acceptors (Lipinski definition) is 7. The highest BCUT2D eigenvalue weighted by Crippen LogP contribution is 2.29. The zero-order valence-corrected chi connectivity index (χ0v) is 17.4. The van der Waals surface area contributed by atoms with Crippen LogP contribution in [0.25, 0.3) is 33.2 Å². The molecule has 0 saturated heterocycles. The molecule has 33 heavy (non-hydrogen) atoms. The fourth-order valence-electron chi connectivity index (χ4n) is 3.65. The number of para-hydroxylation sites is 1. The molecular weight excluding hydrogens is 416 g/mol. The van der Waals surface area contributed by atoms with Gasteiger partial charge in [-0.1, -0.05) is 24.3 Å². The van der Waals surface area contributed by atoms with Crippen molar-refractivity contribution < 1.29 is 9.15 Å². The second-order valence-corrected chi connectivity index (χ2v) is 7.45. The number of fused-ring (bicyclic) bond motifs is 2. The molecule has 0 amide bonds. The first-order chi connectivity index (χ1) is 16.3. The third kappa shape index (κ3) is 3.85. The zero-order chi connectivity index (χ0) is 22.0. The molecule has 0 saturated carbocycles. The van der Waals surface area contributed by atoms with E-state index in [0.29, 0.717) is 17.5 Å². The number of hydrogen-bond donors (Lipinski definition) is 2.